The number of rotatable bonds is 3. The molecule has 0 radical (unpaired) electrons. The summed E-state index contributed by atoms with van der Waals surface area (Å²) in [7, 11) is 0. The van der Waals surface area contributed by atoms with Gasteiger partial charge >= 0.3 is 0 Å². The van der Waals surface area contributed by atoms with E-state index in [9.17, 15) is 5.21 Å². The molecule has 0 bridgehead atoms. The molecular weight excluding hydrogens is 192 g/mol. The molecule has 1 aromatic heterocycles. The van der Waals surface area contributed by atoms with Crippen molar-refractivity contribution in [1.29, 1.82) is 0 Å². The van der Waals surface area contributed by atoms with Crippen molar-refractivity contribution < 1.29 is 5.21 Å². The van der Waals surface area contributed by atoms with E-state index in [1.165, 1.54) is 5.56 Å². The summed E-state index contributed by atoms with van der Waals surface area (Å²) in [6, 6.07) is 5.69. The number of hydroxylamine groups is 2. The molecule has 4 heteroatoms. The van der Waals surface area contributed by atoms with Gasteiger partial charge in [0.25, 0.3) is 0 Å². The molecule has 0 amide bonds. The molecule has 0 aliphatic heterocycles. The van der Waals surface area contributed by atoms with Crippen molar-refractivity contribution in [2.75, 3.05) is 0 Å². The van der Waals surface area contributed by atoms with Gasteiger partial charge in [-0.25, -0.2) is 0 Å². The molecule has 15 heavy (non-hydrogen) atoms. The third-order valence-electron chi connectivity index (χ3n) is 2.53. The van der Waals surface area contributed by atoms with Gasteiger partial charge in [0, 0.05) is 23.6 Å². The largest absolute Gasteiger partial charge is 0.762 e. The van der Waals surface area contributed by atoms with Crippen LogP contribution in [0.25, 0.3) is 10.9 Å². The number of aryl methyl sites for hydroxylation is 1. The van der Waals surface area contributed by atoms with Gasteiger partial charge in [0.05, 0.1) is 0 Å². The lowest BCUT2D eigenvalue weighted by molar-refractivity contribution is -0.0487. The number of nitrogens with zero attached hydrogens (tertiary/aromatic N) is 1. The van der Waals surface area contributed by atoms with Crippen LogP contribution in [0.4, 0.5) is 0 Å². The van der Waals surface area contributed by atoms with Crippen LogP contribution < -0.4 is 0 Å². The second-order valence-corrected chi connectivity index (χ2v) is 3.56. The van der Waals surface area contributed by atoms with Crippen LogP contribution in [0, 0.1) is 5.21 Å². The predicted molar refractivity (Wildman–Crippen MR) is 58.4 cm³/mol. The Labute approximate surface area is 87.7 Å². The molecule has 4 nitrogen and oxygen atoms in total. The molecule has 0 spiro atoms. The average molecular weight is 205 g/mol. The van der Waals surface area contributed by atoms with E-state index in [0.29, 0.717) is 0 Å². The van der Waals surface area contributed by atoms with Gasteiger partial charge < -0.3 is 15.4 Å². The fourth-order valence-corrected chi connectivity index (χ4v) is 1.77. The number of hydrogen-bond donors (Lipinski definition) is 2. The molecule has 1 aromatic carbocycles. The van der Waals surface area contributed by atoms with Crippen molar-refractivity contribution in [3.63, 3.8) is 0 Å². The fraction of sp³-hybridized carbons (Fsp3) is 0.273. The summed E-state index contributed by atoms with van der Waals surface area (Å²) in [6.07, 6.45) is 2.92. The van der Waals surface area contributed by atoms with Crippen LogP contribution >= 0.6 is 0 Å². The molecule has 1 heterocycles. The van der Waals surface area contributed by atoms with Gasteiger partial charge in [0.15, 0.2) is 0 Å². The lowest BCUT2D eigenvalue weighted by atomic mass is 10.1. The average Bonchev–Trinajstić information content (AvgIpc) is 2.59. The van der Waals surface area contributed by atoms with Crippen LogP contribution in [0.5, 0.6) is 0 Å². The first-order valence-electron chi connectivity index (χ1n) is 4.93. The Bertz CT molecular complexity index is 463. The monoisotopic (exact) mass is 205 g/mol. The van der Waals surface area contributed by atoms with Crippen LogP contribution in [0.1, 0.15) is 18.1 Å². The second kappa shape index (κ2) is 4.02. The Hall–Kier alpha value is -1.36. The van der Waals surface area contributed by atoms with E-state index >= 15 is 0 Å². The predicted octanol–water partition coefficient (Wildman–Crippen LogP) is 2.42. The molecule has 0 saturated heterocycles. The maximum absolute atomic E-state index is 10.5. The van der Waals surface area contributed by atoms with Gasteiger partial charge in [-0.1, -0.05) is 13.0 Å². The normalized spacial score (nSPS) is 11.5. The van der Waals surface area contributed by atoms with Gasteiger partial charge in [0.1, 0.15) is 0 Å². The van der Waals surface area contributed by atoms with E-state index in [4.69, 9.17) is 5.21 Å². The van der Waals surface area contributed by atoms with Gasteiger partial charge in [-0.3, -0.25) is 5.23 Å². The van der Waals surface area contributed by atoms with Gasteiger partial charge in [-0.05, 0) is 29.7 Å². The molecular formula is C11H13N2O2-. The molecule has 2 rings (SSSR count). The molecule has 0 saturated carbocycles. The molecule has 0 fully saturated rings. The standard InChI is InChI=1S/C11H13N2O2/c1-2-9-6-12-11-4-3-8(5-10(9)11)7-13(14)15/h3-6,12,14H,2,7H2,1H3/q-1. The number of aromatic nitrogens is 1. The highest BCUT2D eigenvalue weighted by Crippen LogP contribution is 2.20. The Morgan fingerprint density at radius 1 is 1.47 bits per heavy atom. The maximum atomic E-state index is 10.5. The van der Waals surface area contributed by atoms with E-state index in [2.05, 4.69) is 11.9 Å². The van der Waals surface area contributed by atoms with Crippen LogP contribution in [0.3, 0.4) is 0 Å². The zero-order chi connectivity index (χ0) is 10.8. The fourth-order valence-electron chi connectivity index (χ4n) is 1.77. The number of hydrogen-bond acceptors (Lipinski definition) is 3. The molecule has 0 aliphatic carbocycles. The van der Waals surface area contributed by atoms with Gasteiger partial charge in [-0.2, -0.15) is 0 Å². The molecule has 0 aliphatic rings. The van der Waals surface area contributed by atoms with Crippen LogP contribution in [0.15, 0.2) is 24.4 Å². The quantitative estimate of drug-likeness (QED) is 0.756. The van der Waals surface area contributed by atoms with Gasteiger partial charge in [-0.15, -0.1) is 0 Å². The van der Waals surface area contributed by atoms with Crippen LogP contribution in [-0.4, -0.2) is 15.4 Å². The minimum atomic E-state index is -0.0561. The van der Waals surface area contributed by atoms with Crippen molar-refractivity contribution >= 4 is 10.9 Å². The third-order valence-corrected chi connectivity index (χ3v) is 2.53. The van der Waals surface area contributed by atoms with Crippen molar-refractivity contribution in [3.8, 4) is 0 Å². The minimum absolute atomic E-state index is 0.00424. The van der Waals surface area contributed by atoms with E-state index in [1.54, 1.807) is 0 Å². The zero-order valence-corrected chi connectivity index (χ0v) is 8.53. The van der Waals surface area contributed by atoms with Crippen LogP contribution in [-0.2, 0) is 13.0 Å². The molecule has 0 unspecified atom stereocenters. The summed E-state index contributed by atoms with van der Waals surface area (Å²) >= 11 is 0. The highest BCUT2D eigenvalue weighted by atomic mass is 16.8. The summed E-state index contributed by atoms with van der Waals surface area (Å²) < 4.78 is 0. The van der Waals surface area contributed by atoms with Crippen molar-refractivity contribution in [3.05, 3.63) is 40.7 Å². The first kappa shape index (κ1) is 10.2. The van der Waals surface area contributed by atoms with Crippen molar-refractivity contribution in [2.45, 2.75) is 19.9 Å². The number of benzene rings is 1. The first-order chi connectivity index (χ1) is 7.20. The Morgan fingerprint density at radius 2 is 2.27 bits per heavy atom. The minimum Gasteiger partial charge on any atom is -0.762 e. The van der Waals surface area contributed by atoms with E-state index in [0.717, 1.165) is 22.9 Å². The summed E-state index contributed by atoms with van der Waals surface area (Å²) in [4.78, 5) is 3.17. The highest BCUT2D eigenvalue weighted by molar-refractivity contribution is 5.83. The molecule has 2 aromatic rings. The third kappa shape index (κ3) is 2.02. The number of aromatic amines is 1. The molecule has 2 N–H and O–H groups in total. The second-order valence-electron chi connectivity index (χ2n) is 3.56. The summed E-state index contributed by atoms with van der Waals surface area (Å²) in [5, 5.41) is 20.2. The SMILES string of the molecule is CCc1c[nH]c2ccc(CN([O-])O)cc12. The van der Waals surface area contributed by atoms with E-state index < -0.39 is 0 Å². The van der Waals surface area contributed by atoms with E-state index in [-0.39, 0.29) is 11.8 Å². The smallest absolute Gasteiger partial charge is 0.0457 e. The lowest BCUT2D eigenvalue weighted by Crippen LogP contribution is -2.08. The number of H-pyrrole nitrogens is 1. The highest BCUT2D eigenvalue weighted by Gasteiger charge is 2.02. The first-order valence-corrected chi connectivity index (χ1v) is 4.93. The van der Waals surface area contributed by atoms with Crippen LogP contribution in [0.2, 0.25) is 0 Å². The maximum Gasteiger partial charge on any atom is 0.0457 e. The molecule has 0 atom stereocenters. The number of nitrogens with one attached hydrogen (secondary N) is 1. The van der Waals surface area contributed by atoms with Gasteiger partial charge in [0.2, 0.25) is 0 Å². The van der Waals surface area contributed by atoms with E-state index in [1.807, 2.05) is 24.4 Å². The summed E-state index contributed by atoms with van der Waals surface area (Å²) in [5.41, 5.74) is 3.10. The Balaban J connectivity index is 2.43. The summed E-state index contributed by atoms with van der Waals surface area (Å²) in [6.45, 7) is 2.09. The summed E-state index contributed by atoms with van der Waals surface area (Å²) in [5.74, 6) is 0. The van der Waals surface area contributed by atoms with Crippen molar-refractivity contribution in [1.82, 2.24) is 10.2 Å². The zero-order valence-electron chi connectivity index (χ0n) is 8.53. The lowest BCUT2D eigenvalue weighted by Gasteiger charge is -2.18. The number of fused-ring (bicyclic) bond motifs is 1. The Kier molecular flexibility index (Phi) is 2.73. The van der Waals surface area contributed by atoms with Crippen molar-refractivity contribution in [2.24, 2.45) is 0 Å². The Morgan fingerprint density at radius 3 is 2.93 bits per heavy atom. The topological polar surface area (TPSA) is 62.3 Å². The molecule has 80 valence electrons.